The lowest BCUT2D eigenvalue weighted by Crippen LogP contribution is -2.46. The van der Waals surface area contributed by atoms with Crippen LogP contribution in [0.5, 0.6) is 5.75 Å². The Labute approximate surface area is 108 Å². The van der Waals surface area contributed by atoms with E-state index in [0.717, 1.165) is 37.6 Å². The summed E-state index contributed by atoms with van der Waals surface area (Å²) in [5, 5.41) is 2.22. The molecule has 5 nitrogen and oxygen atoms in total. The zero-order valence-electron chi connectivity index (χ0n) is 11.1. The van der Waals surface area contributed by atoms with Crippen molar-refractivity contribution in [3.05, 3.63) is 18.2 Å². The van der Waals surface area contributed by atoms with Gasteiger partial charge in [0.05, 0.1) is 18.0 Å². The molecule has 0 aromatic heterocycles. The van der Waals surface area contributed by atoms with Crippen molar-refractivity contribution in [2.75, 3.05) is 51.0 Å². The molecular weight excluding hydrogens is 228 g/mol. The molecular formula is C13H22N4O. The summed E-state index contributed by atoms with van der Waals surface area (Å²) in [5.41, 5.74) is 11.0. The summed E-state index contributed by atoms with van der Waals surface area (Å²) in [6.07, 6.45) is 0. The molecule has 0 radical (unpaired) electrons. The van der Waals surface area contributed by atoms with Crippen LogP contribution in [-0.4, -0.2) is 49.7 Å². The lowest BCUT2D eigenvalue weighted by molar-refractivity contribution is 0.179. The second-order valence-corrected chi connectivity index (χ2v) is 4.59. The van der Waals surface area contributed by atoms with Gasteiger partial charge in [0.1, 0.15) is 5.75 Å². The Morgan fingerprint density at radius 2 is 2.00 bits per heavy atom. The van der Waals surface area contributed by atoms with Crippen LogP contribution in [0.1, 0.15) is 6.92 Å². The molecule has 1 aliphatic heterocycles. The summed E-state index contributed by atoms with van der Waals surface area (Å²) in [4.78, 5) is 2.33. The first-order valence-electron chi connectivity index (χ1n) is 6.41. The maximum absolute atomic E-state index is 5.85. The summed E-state index contributed by atoms with van der Waals surface area (Å²) in [7, 11) is 2.15. The van der Waals surface area contributed by atoms with Crippen LogP contribution in [0.15, 0.2) is 18.2 Å². The Hall–Kier alpha value is -1.46. The fraction of sp³-hybridized carbons (Fsp3) is 0.538. The Morgan fingerprint density at radius 1 is 1.28 bits per heavy atom. The number of likely N-dealkylation sites (N-methyl/N-ethyl adjacent to an activating group) is 1. The summed E-state index contributed by atoms with van der Waals surface area (Å²) < 4.78 is 5.49. The van der Waals surface area contributed by atoms with Crippen molar-refractivity contribution >= 4 is 11.4 Å². The van der Waals surface area contributed by atoms with Gasteiger partial charge in [-0.2, -0.15) is 0 Å². The number of benzene rings is 1. The molecule has 1 aromatic carbocycles. The SMILES string of the molecule is CCOc1cc(NN2CCN(C)CC2)ccc1N. The van der Waals surface area contributed by atoms with Gasteiger partial charge in [0.15, 0.2) is 0 Å². The van der Waals surface area contributed by atoms with Crippen LogP contribution >= 0.6 is 0 Å². The molecule has 1 aliphatic rings. The summed E-state index contributed by atoms with van der Waals surface area (Å²) in [6.45, 7) is 6.79. The molecule has 0 saturated carbocycles. The van der Waals surface area contributed by atoms with E-state index in [4.69, 9.17) is 10.5 Å². The Morgan fingerprint density at radius 3 is 2.67 bits per heavy atom. The zero-order chi connectivity index (χ0) is 13.0. The summed E-state index contributed by atoms with van der Waals surface area (Å²) in [5.74, 6) is 0.747. The monoisotopic (exact) mass is 250 g/mol. The fourth-order valence-electron chi connectivity index (χ4n) is 1.99. The minimum atomic E-state index is 0.627. The van der Waals surface area contributed by atoms with E-state index in [2.05, 4.69) is 22.4 Å². The number of hydrazine groups is 1. The largest absolute Gasteiger partial charge is 0.492 e. The molecule has 1 aromatic rings. The molecule has 2 rings (SSSR count). The molecule has 5 heteroatoms. The van der Waals surface area contributed by atoms with Crippen LogP contribution in [0.4, 0.5) is 11.4 Å². The number of hydrogen-bond donors (Lipinski definition) is 2. The average molecular weight is 250 g/mol. The standard InChI is InChI=1S/C13H22N4O/c1-3-18-13-10-11(4-5-12(13)14)15-17-8-6-16(2)7-9-17/h4-5,10,15H,3,6-9,14H2,1-2H3. The minimum Gasteiger partial charge on any atom is -0.492 e. The number of nitrogens with one attached hydrogen (secondary N) is 1. The van der Waals surface area contributed by atoms with Crippen molar-refractivity contribution in [3.8, 4) is 5.75 Å². The van der Waals surface area contributed by atoms with Gasteiger partial charge >= 0.3 is 0 Å². The van der Waals surface area contributed by atoms with Gasteiger partial charge in [-0.1, -0.05) is 0 Å². The van der Waals surface area contributed by atoms with E-state index in [0.29, 0.717) is 12.3 Å². The predicted octanol–water partition coefficient (Wildman–Crippen LogP) is 1.24. The third kappa shape index (κ3) is 3.27. The molecule has 0 unspecified atom stereocenters. The third-order valence-electron chi connectivity index (χ3n) is 3.10. The number of nitrogens with two attached hydrogens (primary N) is 1. The molecule has 0 atom stereocenters. The van der Waals surface area contributed by atoms with Crippen molar-refractivity contribution < 1.29 is 4.74 Å². The fourth-order valence-corrected chi connectivity index (χ4v) is 1.99. The highest BCUT2D eigenvalue weighted by Crippen LogP contribution is 2.25. The van der Waals surface area contributed by atoms with Gasteiger partial charge in [-0.3, -0.25) is 0 Å². The molecule has 0 aliphatic carbocycles. The lowest BCUT2D eigenvalue weighted by Gasteiger charge is -2.33. The lowest BCUT2D eigenvalue weighted by atomic mass is 10.2. The Bertz CT molecular complexity index is 389. The van der Waals surface area contributed by atoms with E-state index >= 15 is 0 Å². The highest BCUT2D eigenvalue weighted by Gasteiger charge is 2.13. The first-order chi connectivity index (χ1) is 8.69. The Kier molecular flexibility index (Phi) is 4.28. The quantitative estimate of drug-likeness (QED) is 0.788. The van der Waals surface area contributed by atoms with Crippen LogP contribution in [0.2, 0.25) is 0 Å². The highest BCUT2D eigenvalue weighted by molar-refractivity contribution is 5.61. The van der Waals surface area contributed by atoms with Crippen LogP contribution in [0.25, 0.3) is 0 Å². The molecule has 18 heavy (non-hydrogen) atoms. The van der Waals surface area contributed by atoms with Crippen molar-refractivity contribution in [3.63, 3.8) is 0 Å². The number of hydrogen-bond acceptors (Lipinski definition) is 5. The second-order valence-electron chi connectivity index (χ2n) is 4.59. The molecule has 3 N–H and O–H groups in total. The summed E-state index contributed by atoms with van der Waals surface area (Å²) in [6, 6.07) is 5.82. The maximum Gasteiger partial charge on any atom is 0.144 e. The first-order valence-corrected chi connectivity index (χ1v) is 6.41. The van der Waals surface area contributed by atoms with Gasteiger partial charge in [-0.05, 0) is 26.1 Å². The normalized spacial score (nSPS) is 17.7. The van der Waals surface area contributed by atoms with E-state index in [1.165, 1.54) is 0 Å². The van der Waals surface area contributed by atoms with Crippen LogP contribution in [0.3, 0.4) is 0 Å². The van der Waals surface area contributed by atoms with E-state index < -0.39 is 0 Å². The summed E-state index contributed by atoms with van der Waals surface area (Å²) >= 11 is 0. The number of piperazine rings is 1. The van der Waals surface area contributed by atoms with Crippen LogP contribution < -0.4 is 15.9 Å². The van der Waals surface area contributed by atoms with Gasteiger partial charge < -0.3 is 20.8 Å². The molecule has 1 heterocycles. The second kappa shape index (κ2) is 5.93. The minimum absolute atomic E-state index is 0.627. The number of anilines is 2. The smallest absolute Gasteiger partial charge is 0.144 e. The van der Waals surface area contributed by atoms with E-state index in [1.54, 1.807) is 0 Å². The molecule has 0 bridgehead atoms. The average Bonchev–Trinajstić information content (AvgIpc) is 2.37. The molecule has 1 saturated heterocycles. The van der Waals surface area contributed by atoms with Gasteiger partial charge in [0, 0.05) is 32.2 Å². The number of nitrogen functional groups attached to an aromatic ring is 1. The van der Waals surface area contributed by atoms with E-state index in [-0.39, 0.29) is 0 Å². The maximum atomic E-state index is 5.85. The predicted molar refractivity (Wildman–Crippen MR) is 74.7 cm³/mol. The van der Waals surface area contributed by atoms with Gasteiger partial charge in [-0.15, -0.1) is 0 Å². The third-order valence-corrected chi connectivity index (χ3v) is 3.10. The molecule has 0 amide bonds. The zero-order valence-corrected chi connectivity index (χ0v) is 11.1. The van der Waals surface area contributed by atoms with Crippen molar-refractivity contribution in [1.82, 2.24) is 9.91 Å². The molecule has 100 valence electrons. The van der Waals surface area contributed by atoms with Crippen LogP contribution in [0, 0.1) is 0 Å². The van der Waals surface area contributed by atoms with Gasteiger partial charge in [-0.25, -0.2) is 5.01 Å². The highest BCUT2D eigenvalue weighted by atomic mass is 16.5. The van der Waals surface area contributed by atoms with Crippen molar-refractivity contribution in [1.29, 1.82) is 0 Å². The van der Waals surface area contributed by atoms with E-state index in [9.17, 15) is 0 Å². The van der Waals surface area contributed by atoms with Gasteiger partial charge in [0.25, 0.3) is 0 Å². The topological polar surface area (TPSA) is 53.8 Å². The van der Waals surface area contributed by atoms with E-state index in [1.807, 2.05) is 25.1 Å². The first kappa shape index (κ1) is 13.0. The molecule has 1 fully saturated rings. The number of rotatable bonds is 4. The van der Waals surface area contributed by atoms with Gasteiger partial charge in [0.2, 0.25) is 0 Å². The molecule has 0 spiro atoms. The van der Waals surface area contributed by atoms with Crippen molar-refractivity contribution in [2.45, 2.75) is 6.92 Å². The van der Waals surface area contributed by atoms with Crippen molar-refractivity contribution in [2.24, 2.45) is 0 Å². The number of ether oxygens (including phenoxy) is 1. The van der Waals surface area contributed by atoms with Crippen LogP contribution in [-0.2, 0) is 0 Å². The number of nitrogens with zero attached hydrogens (tertiary/aromatic N) is 2. The Balaban J connectivity index is 1.98.